The van der Waals surface area contributed by atoms with Crippen LogP contribution in [0.5, 0.6) is 11.5 Å². The molecule has 0 fully saturated rings. The fourth-order valence-electron chi connectivity index (χ4n) is 2.30. The lowest BCUT2D eigenvalue weighted by Crippen LogP contribution is -2.24. The van der Waals surface area contributed by atoms with Crippen LogP contribution in [0.15, 0.2) is 36.5 Å². The molecule has 0 radical (unpaired) electrons. The van der Waals surface area contributed by atoms with E-state index in [1.165, 1.54) is 0 Å². The fourth-order valence-corrected chi connectivity index (χ4v) is 2.30. The zero-order chi connectivity index (χ0) is 15.4. The van der Waals surface area contributed by atoms with Crippen LogP contribution < -0.4 is 14.8 Å². The summed E-state index contributed by atoms with van der Waals surface area (Å²) in [5, 5.41) is 2.85. The molecule has 6 nitrogen and oxygen atoms in total. The number of ether oxygens (including phenoxy) is 2. The monoisotopic (exact) mass is 300 g/mol. The molecular weight excluding hydrogens is 284 g/mol. The second kappa shape index (κ2) is 6.34. The van der Waals surface area contributed by atoms with Crippen molar-refractivity contribution in [3.63, 3.8) is 0 Å². The number of aldehydes is 1. The topological polar surface area (TPSA) is 69.6 Å². The van der Waals surface area contributed by atoms with Crippen LogP contribution in [0.3, 0.4) is 0 Å². The number of carbonyl (C=O) groups excluding carboxylic acids is 2. The normalized spacial score (nSPS) is 12.2. The maximum Gasteiger partial charge on any atom is 0.231 e. The van der Waals surface area contributed by atoms with E-state index in [0.29, 0.717) is 31.0 Å². The summed E-state index contributed by atoms with van der Waals surface area (Å²) < 4.78 is 12.3. The molecule has 1 aromatic carbocycles. The number of hydrogen-bond donors (Lipinski definition) is 1. The van der Waals surface area contributed by atoms with E-state index in [2.05, 4.69) is 5.32 Å². The van der Waals surface area contributed by atoms with E-state index in [1.807, 2.05) is 18.2 Å². The first kappa shape index (κ1) is 14.2. The highest BCUT2D eigenvalue weighted by molar-refractivity contribution is 5.76. The maximum absolute atomic E-state index is 11.9. The van der Waals surface area contributed by atoms with Crippen LogP contribution in [0, 0.1) is 0 Å². The van der Waals surface area contributed by atoms with Gasteiger partial charge in [-0.1, -0.05) is 6.07 Å². The van der Waals surface area contributed by atoms with E-state index >= 15 is 0 Å². The standard InChI is InChI=1S/C16H16N2O4/c19-10-13-2-1-6-18(13)7-5-16(20)17-9-12-3-4-14-15(8-12)22-11-21-14/h1-4,6,8,10H,5,7,9,11H2,(H,17,20). The molecule has 0 atom stereocenters. The summed E-state index contributed by atoms with van der Waals surface area (Å²) in [6.45, 7) is 1.15. The summed E-state index contributed by atoms with van der Waals surface area (Å²) in [6.07, 6.45) is 2.89. The quantitative estimate of drug-likeness (QED) is 0.825. The molecule has 1 aliphatic rings. The van der Waals surface area contributed by atoms with E-state index in [-0.39, 0.29) is 12.7 Å². The van der Waals surface area contributed by atoms with Gasteiger partial charge in [0.15, 0.2) is 17.8 Å². The number of carbonyl (C=O) groups is 2. The van der Waals surface area contributed by atoms with Gasteiger partial charge >= 0.3 is 0 Å². The highest BCUT2D eigenvalue weighted by Gasteiger charge is 2.13. The zero-order valence-corrected chi connectivity index (χ0v) is 12.0. The van der Waals surface area contributed by atoms with Crippen LogP contribution in [0.4, 0.5) is 0 Å². The molecule has 1 amide bonds. The molecule has 2 heterocycles. The highest BCUT2D eigenvalue weighted by Crippen LogP contribution is 2.32. The van der Waals surface area contributed by atoms with E-state index in [1.54, 1.807) is 22.9 Å². The van der Waals surface area contributed by atoms with E-state index < -0.39 is 0 Å². The number of aromatic nitrogens is 1. The van der Waals surface area contributed by atoms with Gasteiger partial charge in [0.25, 0.3) is 0 Å². The van der Waals surface area contributed by atoms with E-state index in [9.17, 15) is 9.59 Å². The number of nitrogens with one attached hydrogen (secondary N) is 1. The number of amides is 1. The zero-order valence-electron chi connectivity index (χ0n) is 12.0. The van der Waals surface area contributed by atoms with Gasteiger partial charge in [-0.25, -0.2) is 0 Å². The van der Waals surface area contributed by atoms with Gasteiger partial charge in [-0.2, -0.15) is 0 Å². The lowest BCUT2D eigenvalue weighted by atomic mass is 10.2. The molecule has 6 heteroatoms. The van der Waals surface area contributed by atoms with Crippen molar-refractivity contribution in [3.05, 3.63) is 47.8 Å². The van der Waals surface area contributed by atoms with Crippen LogP contribution in [0.2, 0.25) is 0 Å². The first-order valence-electron chi connectivity index (χ1n) is 7.02. The average Bonchev–Trinajstić information content (AvgIpc) is 3.18. The SMILES string of the molecule is O=Cc1cccn1CCC(=O)NCc1ccc2c(c1)OCO2. The molecule has 0 unspecified atom stereocenters. The number of benzene rings is 1. The van der Waals surface area contributed by atoms with Crippen LogP contribution in [0.25, 0.3) is 0 Å². The van der Waals surface area contributed by atoms with Crippen molar-refractivity contribution in [1.82, 2.24) is 9.88 Å². The minimum absolute atomic E-state index is 0.0665. The average molecular weight is 300 g/mol. The van der Waals surface area contributed by atoms with Crippen molar-refractivity contribution in [2.75, 3.05) is 6.79 Å². The molecule has 0 aliphatic carbocycles. The van der Waals surface area contributed by atoms with Crippen molar-refractivity contribution in [3.8, 4) is 11.5 Å². The predicted octanol–water partition coefficient (Wildman–Crippen LogP) is 1.74. The third-order valence-corrected chi connectivity index (χ3v) is 3.49. The Morgan fingerprint density at radius 2 is 2.14 bits per heavy atom. The molecule has 2 aromatic rings. The Balaban J connectivity index is 1.49. The summed E-state index contributed by atoms with van der Waals surface area (Å²) in [7, 11) is 0. The molecule has 0 spiro atoms. The largest absolute Gasteiger partial charge is 0.454 e. The molecule has 0 saturated heterocycles. The van der Waals surface area contributed by atoms with Gasteiger partial charge in [-0.3, -0.25) is 9.59 Å². The summed E-state index contributed by atoms with van der Waals surface area (Å²) in [5.74, 6) is 1.36. The molecule has 22 heavy (non-hydrogen) atoms. The molecular formula is C16H16N2O4. The van der Waals surface area contributed by atoms with Crippen molar-refractivity contribution < 1.29 is 19.1 Å². The number of rotatable bonds is 6. The molecule has 0 bridgehead atoms. The molecule has 3 rings (SSSR count). The lowest BCUT2D eigenvalue weighted by molar-refractivity contribution is -0.121. The minimum Gasteiger partial charge on any atom is -0.454 e. The van der Waals surface area contributed by atoms with Gasteiger partial charge in [0, 0.05) is 25.7 Å². The Morgan fingerprint density at radius 1 is 1.27 bits per heavy atom. The molecule has 0 saturated carbocycles. The molecule has 1 N–H and O–H groups in total. The van der Waals surface area contributed by atoms with Crippen molar-refractivity contribution in [2.45, 2.75) is 19.5 Å². The van der Waals surface area contributed by atoms with Gasteiger partial charge in [0.05, 0.1) is 5.69 Å². The maximum atomic E-state index is 11.9. The first-order chi connectivity index (χ1) is 10.8. The predicted molar refractivity (Wildman–Crippen MR) is 78.8 cm³/mol. The molecule has 1 aromatic heterocycles. The Labute approximate surface area is 127 Å². The molecule has 114 valence electrons. The Bertz CT molecular complexity index is 693. The third kappa shape index (κ3) is 3.11. The van der Waals surface area contributed by atoms with E-state index in [0.717, 1.165) is 17.6 Å². The third-order valence-electron chi connectivity index (χ3n) is 3.49. The fraction of sp³-hybridized carbons (Fsp3) is 0.250. The van der Waals surface area contributed by atoms with E-state index in [4.69, 9.17) is 9.47 Å². The lowest BCUT2D eigenvalue weighted by Gasteiger charge is -2.08. The summed E-state index contributed by atoms with van der Waals surface area (Å²) in [6, 6.07) is 9.09. The Hall–Kier alpha value is -2.76. The van der Waals surface area contributed by atoms with Gasteiger partial charge < -0.3 is 19.4 Å². The van der Waals surface area contributed by atoms with Gasteiger partial charge in [-0.15, -0.1) is 0 Å². The number of hydrogen-bond acceptors (Lipinski definition) is 4. The van der Waals surface area contributed by atoms with Crippen molar-refractivity contribution in [2.24, 2.45) is 0 Å². The second-order valence-electron chi connectivity index (χ2n) is 4.96. The summed E-state index contributed by atoms with van der Waals surface area (Å²) in [4.78, 5) is 22.7. The van der Waals surface area contributed by atoms with Crippen molar-refractivity contribution in [1.29, 1.82) is 0 Å². The van der Waals surface area contributed by atoms with Crippen LogP contribution in [-0.2, 0) is 17.9 Å². The van der Waals surface area contributed by atoms with Crippen LogP contribution >= 0.6 is 0 Å². The number of fused-ring (bicyclic) bond motifs is 1. The number of nitrogens with zero attached hydrogens (tertiary/aromatic N) is 1. The summed E-state index contributed by atoms with van der Waals surface area (Å²) >= 11 is 0. The minimum atomic E-state index is -0.0665. The van der Waals surface area contributed by atoms with Gasteiger partial charge in [0.2, 0.25) is 12.7 Å². The van der Waals surface area contributed by atoms with Crippen molar-refractivity contribution >= 4 is 12.2 Å². The molecule has 1 aliphatic heterocycles. The van der Waals surface area contributed by atoms with Crippen LogP contribution in [0.1, 0.15) is 22.5 Å². The summed E-state index contributed by atoms with van der Waals surface area (Å²) in [5.41, 5.74) is 1.52. The van der Waals surface area contributed by atoms with Gasteiger partial charge in [-0.05, 0) is 29.8 Å². The number of aryl methyl sites for hydroxylation is 1. The Morgan fingerprint density at radius 3 is 3.00 bits per heavy atom. The Kier molecular flexibility index (Phi) is 4.09. The van der Waals surface area contributed by atoms with Gasteiger partial charge in [0.1, 0.15) is 0 Å². The smallest absolute Gasteiger partial charge is 0.231 e. The first-order valence-corrected chi connectivity index (χ1v) is 7.02. The highest BCUT2D eigenvalue weighted by atomic mass is 16.7. The second-order valence-corrected chi connectivity index (χ2v) is 4.96. The van der Waals surface area contributed by atoms with Crippen LogP contribution in [-0.4, -0.2) is 23.6 Å².